The van der Waals surface area contributed by atoms with E-state index < -0.39 is 0 Å². The highest BCUT2D eigenvalue weighted by molar-refractivity contribution is 6.31. The van der Waals surface area contributed by atoms with Crippen LogP contribution in [-0.2, 0) is 4.74 Å². The molecule has 0 aliphatic carbocycles. The quantitative estimate of drug-likeness (QED) is 0.805. The van der Waals surface area contributed by atoms with Gasteiger partial charge in [0.25, 0.3) is 0 Å². The molecule has 0 saturated carbocycles. The third kappa shape index (κ3) is 4.30. The van der Waals surface area contributed by atoms with Crippen molar-refractivity contribution in [3.8, 4) is 0 Å². The third-order valence-electron chi connectivity index (χ3n) is 3.15. The van der Waals surface area contributed by atoms with Crippen molar-refractivity contribution >= 4 is 11.6 Å². The largest absolute Gasteiger partial charge is 0.372 e. The number of nitrogens with two attached hydrogens (primary N) is 1. The molecule has 96 valence electrons. The van der Waals surface area contributed by atoms with Crippen LogP contribution in [0.1, 0.15) is 38.4 Å². The van der Waals surface area contributed by atoms with E-state index in [1.807, 2.05) is 24.3 Å². The van der Waals surface area contributed by atoms with Crippen LogP contribution in [0.5, 0.6) is 0 Å². The highest BCUT2D eigenvalue weighted by atomic mass is 35.5. The lowest BCUT2D eigenvalue weighted by Crippen LogP contribution is -2.19. The number of benzene rings is 1. The Morgan fingerprint density at radius 2 is 1.88 bits per heavy atom. The molecule has 0 heterocycles. The molecule has 1 aromatic carbocycles. The summed E-state index contributed by atoms with van der Waals surface area (Å²) in [6.45, 7) is 5.58. The van der Waals surface area contributed by atoms with Crippen molar-refractivity contribution in [2.24, 2.45) is 11.7 Å². The van der Waals surface area contributed by atoms with Crippen LogP contribution in [-0.4, -0.2) is 13.2 Å². The molecule has 0 amide bonds. The molecular weight excluding hydrogens is 234 g/mol. The first-order valence-electron chi connectivity index (χ1n) is 6.28. The fraction of sp³-hybridized carbons (Fsp3) is 0.571. The summed E-state index contributed by atoms with van der Waals surface area (Å²) in [6.07, 6.45) is 2.18. The lowest BCUT2D eigenvalue weighted by Gasteiger charge is -2.21. The van der Waals surface area contributed by atoms with Crippen LogP contribution in [0.25, 0.3) is 0 Å². The van der Waals surface area contributed by atoms with E-state index in [-0.39, 0.29) is 6.10 Å². The monoisotopic (exact) mass is 255 g/mol. The minimum atomic E-state index is -0.0932. The van der Waals surface area contributed by atoms with Crippen molar-refractivity contribution in [3.63, 3.8) is 0 Å². The van der Waals surface area contributed by atoms with Gasteiger partial charge in [0, 0.05) is 17.1 Å². The second-order valence-electron chi connectivity index (χ2n) is 4.26. The van der Waals surface area contributed by atoms with E-state index in [9.17, 15) is 0 Å². The number of rotatable bonds is 7. The first-order chi connectivity index (χ1) is 8.22. The van der Waals surface area contributed by atoms with Crippen LogP contribution >= 0.6 is 11.6 Å². The van der Waals surface area contributed by atoms with Gasteiger partial charge in [-0.2, -0.15) is 0 Å². The predicted molar refractivity (Wildman–Crippen MR) is 73.3 cm³/mol. The molecule has 3 heteroatoms. The molecule has 0 fully saturated rings. The summed E-state index contributed by atoms with van der Waals surface area (Å²) in [5.41, 5.74) is 6.75. The molecular formula is C14H22ClNO. The Balaban J connectivity index is 2.63. The van der Waals surface area contributed by atoms with Crippen LogP contribution in [0.15, 0.2) is 24.3 Å². The molecule has 2 N–H and O–H groups in total. The van der Waals surface area contributed by atoms with Crippen molar-refractivity contribution in [1.29, 1.82) is 0 Å². The summed E-state index contributed by atoms with van der Waals surface area (Å²) in [5, 5.41) is 0.729. The fourth-order valence-electron chi connectivity index (χ4n) is 1.80. The lowest BCUT2D eigenvalue weighted by molar-refractivity contribution is 0.0315. The number of ether oxygens (including phenoxy) is 1. The maximum atomic E-state index is 6.15. The average molecular weight is 256 g/mol. The van der Waals surface area contributed by atoms with Gasteiger partial charge in [-0.25, -0.2) is 0 Å². The Bertz CT molecular complexity index is 326. The third-order valence-corrected chi connectivity index (χ3v) is 3.50. The summed E-state index contributed by atoms with van der Waals surface area (Å²) in [4.78, 5) is 0. The average Bonchev–Trinajstić information content (AvgIpc) is 2.36. The molecule has 0 saturated heterocycles. The van der Waals surface area contributed by atoms with E-state index in [1.165, 1.54) is 0 Å². The number of hydrogen-bond donors (Lipinski definition) is 1. The van der Waals surface area contributed by atoms with Crippen LogP contribution in [0.2, 0.25) is 5.02 Å². The standard InChI is InChI=1S/C14H22ClNO/c1-3-11(4-2)10-17-14(9-16)12-7-5-6-8-13(12)15/h5-8,11,14H,3-4,9-10,16H2,1-2H3. The van der Waals surface area contributed by atoms with Gasteiger partial charge in [0.05, 0.1) is 12.7 Å². The number of hydrogen-bond acceptors (Lipinski definition) is 2. The first kappa shape index (κ1) is 14.5. The molecule has 2 nitrogen and oxygen atoms in total. The molecule has 0 aliphatic rings. The Labute approximate surface area is 109 Å². The summed E-state index contributed by atoms with van der Waals surface area (Å²) < 4.78 is 5.89. The van der Waals surface area contributed by atoms with Gasteiger partial charge in [-0.1, -0.05) is 56.5 Å². The van der Waals surface area contributed by atoms with Gasteiger partial charge in [0.1, 0.15) is 0 Å². The van der Waals surface area contributed by atoms with Crippen molar-refractivity contribution < 1.29 is 4.74 Å². The first-order valence-corrected chi connectivity index (χ1v) is 6.66. The van der Waals surface area contributed by atoms with Crippen molar-refractivity contribution in [2.45, 2.75) is 32.8 Å². The van der Waals surface area contributed by atoms with Gasteiger partial charge in [-0.05, 0) is 12.0 Å². The molecule has 0 radical (unpaired) electrons. The molecule has 0 spiro atoms. The Hall–Kier alpha value is -0.570. The second-order valence-corrected chi connectivity index (χ2v) is 4.67. The Morgan fingerprint density at radius 1 is 1.24 bits per heavy atom. The molecule has 1 unspecified atom stereocenters. The zero-order chi connectivity index (χ0) is 12.7. The van der Waals surface area contributed by atoms with Crippen molar-refractivity contribution in [2.75, 3.05) is 13.2 Å². The Morgan fingerprint density at radius 3 is 2.41 bits per heavy atom. The van der Waals surface area contributed by atoms with E-state index in [4.69, 9.17) is 22.1 Å². The van der Waals surface area contributed by atoms with Gasteiger partial charge >= 0.3 is 0 Å². The molecule has 17 heavy (non-hydrogen) atoms. The van der Waals surface area contributed by atoms with Crippen LogP contribution < -0.4 is 5.73 Å². The highest BCUT2D eigenvalue weighted by Gasteiger charge is 2.15. The highest BCUT2D eigenvalue weighted by Crippen LogP contribution is 2.25. The predicted octanol–water partition coefficient (Wildman–Crippen LogP) is 3.79. The van der Waals surface area contributed by atoms with E-state index >= 15 is 0 Å². The summed E-state index contributed by atoms with van der Waals surface area (Å²) in [6, 6.07) is 7.73. The zero-order valence-corrected chi connectivity index (χ0v) is 11.4. The SMILES string of the molecule is CCC(CC)COC(CN)c1ccccc1Cl. The number of halogens is 1. The van der Waals surface area contributed by atoms with Gasteiger partial charge in [0.15, 0.2) is 0 Å². The van der Waals surface area contributed by atoms with E-state index in [0.29, 0.717) is 12.5 Å². The lowest BCUT2D eigenvalue weighted by atomic mass is 10.0. The molecule has 0 aliphatic heterocycles. The topological polar surface area (TPSA) is 35.2 Å². The van der Waals surface area contributed by atoms with Gasteiger partial charge < -0.3 is 10.5 Å². The van der Waals surface area contributed by atoms with Gasteiger partial charge in [-0.3, -0.25) is 0 Å². The normalized spacial score (nSPS) is 13.0. The van der Waals surface area contributed by atoms with Crippen LogP contribution in [0.4, 0.5) is 0 Å². The van der Waals surface area contributed by atoms with E-state index in [2.05, 4.69) is 13.8 Å². The van der Waals surface area contributed by atoms with E-state index in [0.717, 1.165) is 30.0 Å². The maximum Gasteiger partial charge on any atom is 0.0961 e. The minimum Gasteiger partial charge on any atom is -0.372 e. The Kier molecular flexibility index (Phi) is 6.56. The summed E-state index contributed by atoms with van der Waals surface area (Å²) in [5.74, 6) is 0.603. The van der Waals surface area contributed by atoms with Crippen molar-refractivity contribution in [3.05, 3.63) is 34.9 Å². The molecule has 1 rings (SSSR count). The second kappa shape index (κ2) is 7.70. The van der Waals surface area contributed by atoms with Crippen LogP contribution in [0, 0.1) is 5.92 Å². The molecule has 1 aromatic rings. The molecule has 1 atom stereocenters. The molecule has 0 aromatic heterocycles. The summed E-state index contributed by atoms with van der Waals surface area (Å²) >= 11 is 6.15. The smallest absolute Gasteiger partial charge is 0.0961 e. The van der Waals surface area contributed by atoms with Gasteiger partial charge in [-0.15, -0.1) is 0 Å². The maximum absolute atomic E-state index is 6.15. The van der Waals surface area contributed by atoms with Crippen LogP contribution in [0.3, 0.4) is 0 Å². The van der Waals surface area contributed by atoms with E-state index in [1.54, 1.807) is 0 Å². The fourth-order valence-corrected chi connectivity index (χ4v) is 2.06. The zero-order valence-electron chi connectivity index (χ0n) is 10.7. The summed E-state index contributed by atoms with van der Waals surface area (Å²) in [7, 11) is 0. The molecule has 0 bridgehead atoms. The minimum absolute atomic E-state index is 0.0932. The van der Waals surface area contributed by atoms with Crippen molar-refractivity contribution in [1.82, 2.24) is 0 Å². The van der Waals surface area contributed by atoms with Gasteiger partial charge in [0.2, 0.25) is 0 Å².